The van der Waals surface area contributed by atoms with E-state index in [9.17, 15) is 86.8 Å². The van der Waals surface area contributed by atoms with Crippen molar-refractivity contribution in [1.82, 2.24) is 0 Å². The minimum Gasteiger partial charge on any atom is -0.432 e. The number of carbonyl (C=O) groups is 1. The van der Waals surface area contributed by atoms with E-state index in [-0.39, 0.29) is 43.3 Å². The molecule has 0 aromatic carbocycles. The Balaban J connectivity index is 0.833. The summed E-state index contributed by atoms with van der Waals surface area (Å²) in [6.07, 6.45) is -35.1. The molecule has 10 aliphatic rings. The van der Waals surface area contributed by atoms with Gasteiger partial charge in [0.2, 0.25) is 6.29 Å². The molecule has 9 fully saturated rings. The Morgan fingerprint density at radius 1 is 0.563 bits per heavy atom. The van der Waals surface area contributed by atoms with Crippen molar-refractivity contribution in [3.05, 3.63) is 11.6 Å². The fourth-order valence-corrected chi connectivity index (χ4v) is 17.7. The van der Waals surface area contributed by atoms with E-state index in [4.69, 9.17) is 47.4 Å². The van der Waals surface area contributed by atoms with Crippen molar-refractivity contribution in [3.63, 3.8) is 0 Å². The lowest BCUT2D eigenvalue weighted by Crippen LogP contribution is -2.69. The van der Waals surface area contributed by atoms with E-state index in [0.717, 1.165) is 5.57 Å². The minimum absolute atomic E-state index is 0.0129. The summed E-state index contributed by atoms with van der Waals surface area (Å²) in [5.41, 5.74) is -3.37. The van der Waals surface area contributed by atoms with Crippen LogP contribution in [0.25, 0.3) is 0 Å². The summed E-state index contributed by atoms with van der Waals surface area (Å²) >= 11 is 0. The summed E-state index contributed by atoms with van der Waals surface area (Å²) in [7, 11) is 0. The summed E-state index contributed by atoms with van der Waals surface area (Å²) in [6.45, 7) is 11.3. The number of hydrogen-bond acceptors (Lipinski definition) is 28. The van der Waals surface area contributed by atoms with Gasteiger partial charge in [-0.2, -0.15) is 0 Å². The van der Waals surface area contributed by atoms with Crippen LogP contribution >= 0.6 is 0 Å². The normalized spacial score (nSPS) is 55.1. The van der Waals surface area contributed by atoms with Crippen LogP contribution in [0.2, 0.25) is 0 Å². The van der Waals surface area contributed by atoms with Crippen molar-refractivity contribution in [1.29, 1.82) is 0 Å². The molecule has 0 aromatic rings. The second-order valence-electron chi connectivity index (χ2n) is 28.6. The minimum atomic E-state index is -1.99. The van der Waals surface area contributed by atoms with Gasteiger partial charge in [0.05, 0.1) is 51.3 Å². The largest absolute Gasteiger partial charge is 0.432 e. The first-order valence-electron chi connectivity index (χ1n) is 30.9. The number of fused-ring (bicyclic) bond motifs is 7. The van der Waals surface area contributed by atoms with E-state index < -0.39 is 218 Å². The zero-order valence-electron chi connectivity index (χ0n) is 50.3. The van der Waals surface area contributed by atoms with Crippen LogP contribution in [-0.2, 0) is 52.2 Å². The fourth-order valence-electron chi connectivity index (χ4n) is 17.7. The van der Waals surface area contributed by atoms with Gasteiger partial charge in [-0.05, 0) is 104 Å². The maximum Gasteiger partial charge on any atom is 0.317 e. The molecule has 5 heterocycles. The van der Waals surface area contributed by atoms with Gasteiger partial charge in [-0.3, -0.25) is 4.79 Å². The van der Waals surface area contributed by atoms with Gasteiger partial charge in [0.25, 0.3) is 0 Å². The standard InChI is InChI=1S/C59H96O28/c1-23-34(65)37(68)41(72)50(80-23)86-47-28(19-61)82-48(44(75)40(47)71)79-21-29-36(67)39(70)43(74)52(83-29)87-53(77)59-15-14-54(2,3)16-25(59)24-8-9-31-55(4)12-11-33(56(5,22-62)30(55)10-13-57(31,6)58(24,7)17-32(59)64)84-49-45(76)46(26(63)20-78-49)85-51-42(73)38(69)35(66)27(18-60)81-51/h8,23,25-52,60-76H,9-22H2,1-7H3. The van der Waals surface area contributed by atoms with Crippen LogP contribution in [0.4, 0.5) is 0 Å². The molecule has 0 radical (unpaired) electrons. The van der Waals surface area contributed by atoms with Crippen LogP contribution in [0, 0.1) is 50.2 Å². The molecule has 34 unspecified atom stereocenters. The molecule has 17 N–H and O–H groups in total. The van der Waals surface area contributed by atoms with Crippen molar-refractivity contribution in [2.75, 3.05) is 33.0 Å². The summed E-state index contributed by atoms with van der Waals surface area (Å²) in [6, 6.07) is 0. The number of aliphatic hydroxyl groups excluding tert-OH is 17. The Kier molecular flexibility index (Phi) is 19.7. The van der Waals surface area contributed by atoms with Gasteiger partial charge < -0.3 is 134 Å². The maximum atomic E-state index is 15.3. The van der Waals surface area contributed by atoms with Crippen molar-refractivity contribution in [2.45, 2.75) is 266 Å². The molecular formula is C59H96O28. The highest BCUT2D eigenvalue weighted by Gasteiger charge is 2.73. The Morgan fingerprint density at radius 3 is 1.80 bits per heavy atom. The van der Waals surface area contributed by atoms with Crippen molar-refractivity contribution >= 4 is 5.97 Å². The highest BCUT2D eigenvalue weighted by atomic mass is 16.8. The maximum absolute atomic E-state index is 15.3. The van der Waals surface area contributed by atoms with Crippen LogP contribution < -0.4 is 0 Å². The predicted octanol–water partition coefficient (Wildman–Crippen LogP) is -4.60. The summed E-state index contributed by atoms with van der Waals surface area (Å²) < 4.78 is 58.5. The number of rotatable bonds is 14. The van der Waals surface area contributed by atoms with E-state index in [0.29, 0.717) is 44.9 Å². The molecule has 10 rings (SSSR count). The van der Waals surface area contributed by atoms with Crippen LogP contribution in [-0.4, -0.2) is 285 Å². The first-order chi connectivity index (χ1) is 40.8. The average molecular weight is 1250 g/mol. The Hall–Kier alpha value is -1.83. The molecule has 5 aliphatic carbocycles. The lowest BCUT2D eigenvalue weighted by atomic mass is 9.33. The number of hydrogen-bond donors (Lipinski definition) is 17. The quantitative estimate of drug-likeness (QED) is 0.0442. The zero-order chi connectivity index (χ0) is 63.6. The molecule has 500 valence electrons. The van der Waals surface area contributed by atoms with Gasteiger partial charge in [-0.25, -0.2) is 0 Å². The lowest BCUT2D eigenvalue weighted by Gasteiger charge is -2.72. The van der Waals surface area contributed by atoms with Crippen LogP contribution in [0.15, 0.2) is 11.6 Å². The van der Waals surface area contributed by atoms with Crippen LogP contribution in [0.5, 0.6) is 0 Å². The van der Waals surface area contributed by atoms with Gasteiger partial charge in [-0.15, -0.1) is 0 Å². The summed E-state index contributed by atoms with van der Waals surface area (Å²) in [5.74, 6) is -1.61. The molecule has 28 heteroatoms. The molecular weight excluding hydrogens is 1160 g/mol. The third-order valence-corrected chi connectivity index (χ3v) is 23.2. The monoisotopic (exact) mass is 1250 g/mol. The fraction of sp³-hybridized carbons (Fsp3) is 0.949. The number of allylic oxidation sites excluding steroid dienone is 2. The van der Waals surface area contributed by atoms with Crippen molar-refractivity contribution < 1.29 is 139 Å². The SMILES string of the molecule is CC1OC(OC2C(CO)OC(OCC3OC(OC(=O)C45CCC(C)(C)CC4C4=CCC6C7(C)CCC(OC8OCC(O)C(OC9OC(CO)C(O)C(O)C9O)C8O)C(C)(CO)C7CCC6(C)C4(C)CC5O)C(O)C(O)C3O)C(O)C2O)C(O)C(O)C1O. The van der Waals surface area contributed by atoms with Gasteiger partial charge in [0, 0.05) is 5.41 Å². The molecule has 0 amide bonds. The average Bonchev–Trinajstić information content (AvgIpc) is 0.921. The molecule has 0 spiro atoms. The molecule has 5 saturated heterocycles. The molecule has 5 aliphatic heterocycles. The van der Waals surface area contributed by atoms with Gasteiger partial charge in [0.15, 0.2) is 25.2 Å². The van der Waals surface area contributed by atoms with E-state index in [2.05, 4.69) is 40.7 Å². The molecule has 28 nitrogen and oxygen atoms in total. The van der Waals surface area contributed by atoms with Crippen LogP contribution in [0.1, 0.15) is 106 Å². The predicted molar refractivity (Wildman–Crippen MR) is 291 cm³/mol. The molecule has 34 atom stereocenters. The van der Waals surface area contributed by atoms with Gasteiger partial charge in [0.1, 0.15) is 115 Å². The molecule has 0 bridgehead atoms. The van der Waals surface area contributed by atoms with E-state index in [1.807, 2.05) is 6.92 Å². The topological polar surface area (TPSA) is 453 Å². The lowest BCUT2D eigenvalue weighted by molar-refractivity contribution is -0.361. The van der Waals surface area contributed by atoms with Gasteiger partial charge in [-0.1, -0.05) is 53.2 Å². The first kappa shape index (κ1) is 68.0. The number of ether oxygens (including phenoxy) is 10. The second kappa shape index (κ2) is 25.1. The number of carbonyl (C=O) groups excluding carboxylic acids is 1. The second-order valence-corrected chi connectivity index (χ2v) is 28.6. The van der Waals surface area contributed by atoms with Crippen molar-refractivity contribution in [3.8, 4) is 0 Å². The molecule has 87 heavy (non-hydrogen) atoms. The third-order valence-electron chi connectivity index (χ3n) is 23.2. The smallest absolute Gasteiger partial charge is 0.317 e. The van der Waals surface area contributed by atoms with E-state index in [1.165, 1.54) is 6.92 Å². The highest BCUT2D eigenvalue weighted by Crippen LogP contribution is 2.76. The summed E-state index contributed by atoms with van der Waals surface area (Å²) in [4.78, 5) is 15.3. The Labute approximate surface area is 504 Å². The first-order valence-corrected chi connectivity index (χ1v) is 30.9. The highest BCUT2D eigenvalue weighted by molar-refractivity contribution is 5.80. The number of esters is 1. The number of aliphatic hydroxyl groups is 17. The Morgan fingerprint density at radius 2 is 1.15 bits per heavy atom. The third kappa shape index (κ3) is 11.3. The summed E-state index contributed by atoms with van der Waals surface area (Å²) in [5, 5.41) is 185. The van der Waals surface area contributed by atoms with E-state index in [1.54, 1.807) is 0 Å². The zero-order valence-corrected chi connectivity index (χ0v) is 50.3. The van der Waals surface area contributed by atoms with Crippen LogP contribution in [0.3, 0.4) is 0 Å². The van der Waals surface area contributed by atoms with E-state index >= 15 is 4.79 Å². The molecule has 0 aromatic heterocycles. The Bertz CT molecular complexity index is 2420. The van der Waals surface area contributed by atoms with Gasteiger partial charge >= 0.3 is 5.97 Å². The van der Waals surface area contributed by atoms with Crippen molar-refractivity contribution in [2.24, 2.45) is 50.2 Å². The molecule has 4 saturated carbocycles.